The molecule has 12 heteroatoms. The topological polar surface area (TPSA) is 117 Å². The minimum absolute atomic E-state index is 0.122. The summed E-state index contributed by atoms with van der Waals surface area (Å²) in [6.07, 6.45) is 0.956. The number of hydrogen-bond acceptors (Lipinski definition) is 8. The molecule has 2 amide bonds. The third kappa shape index (κ3) is 8.92. The predicted molar refractivity (Wildman–Crippen MR) is 164 cm³/mol. The van der Waals surface area contributed by atoms with Crippen molar-refractivity contribution < 1.29 is 33.3 Å². The normalized spacial score (nSPS) is 13.5. The molecule has 0 saturated heterocycles. The maximum atomic E-state index is 13.0. The summed E-state index contributed by atoms with van der Waals surface area (Å²) in [5, 5.41) is 7.55. The van der Waals surface area contributed by atoms with Gasteiger partial charge in [-0.1, -0.05) is 43.1 Å². The Morgan fingerprint density at radius 2 is 1.72 bits per heavy atom. The number of methoxy groups -OCH3 is 1. The molecule has 228 valence electrons. The molecule has 0 bridgehead atoms. The molecule has 1 aliphatic rings. The van der Waals surface area contributed by atoms with Gasteiger partial charge in [-0.15, -0.1) is 0 Å². The molecule has 0 aliphatic carbocycles. The minimum atomic E-state index is -0.914. The van der Waals surface area contributed by atoms with Crippen LogP contribution in [0.4, 0.5) is 0 Å². The number of hydrogen-bond donors (Lipinski definition) is 2. The molecule has 10 nitrogen and oxygen atoms in total. The van der Waals surface area contributed by atoms with Gasteiger partial charge in [0.1, 0.15) is 18.4 Å². The van der Waals surface area contributed by atoms with E-state index in [2.05, 4.69) is 15.8 Å². The van der Waals surface area contributed by atoms with E-state index in [1.165, 1.54) is 19.4 Å². The smallest absolute Gasteiger partial charge is 0.262 e. The van der Waals surface area contributed by atoms with Crippen LogP contribution in [0, 0.1) is 5.92 Å². The number of benzene rings is 3. The molecule has 43 heavy (non-hydrogen) atoms. The first-order valence-corrected chi connectivity index (χ1v) is 14.3. The summed E-state index contributed by atoms with van der Waals surface area (Å²) in [4.78, 5) is 25.8. The van der Waals surface area contributed by atoms with E-state index in [-0.39, 0.29) is 17.7 Å². The molecule has 1 heterocycles. The van der Waals surface area contributed by atoms with Crippen LogP contribution in [0.1, 0.15) is 38.3 Å². The molecule has 0 fully saturated rings. The molecule has 2 N–H and O–H groups in total. The summed E-state index contributed by atoms with van der Waals surface area (Å²) in [7, 11) is 1.54. The van der Waals surface area contributed by atoms with E-state index in [0.29, 0.717) is 52.4 Å². The molecule has 2 atom stereocenters. The summed E-state index contributed by atoms with van der Waals surface area (Å²) >= 11 is 12.1. The van der Waals surface area contributed by atoms with Crippen molar-refractivity contribution in [3.05, 3.63) is 75.8 Å². The first kappa shape index (κ1) is 31.8. The van der Waals surface area contributed by atoms with Crippen molar-refractivity contribution in [3.63, 3.8) is 0 Å². The zero-order valence-electron chi connectivity index (χ0n) is 24.2. The van der Waals surface area contributed by atoms with Gasteiger partial charge in [-0.2, -0.15) is 5.10 Å². The van der Waals surface area contributed by atoms with Gasteiger partial charge in [-0.25, -0.2) is 5.43 Å². The first-order valence-electron chi connectivity index (χ1n) is 13.6. The SMILES string of the molecule is COc1cc(/C=N\NC(=O)[C@@H](CC(C)C)NC(=O)[C@@H](C)Oc2ccc(Cl)cc2Cl)ccc1OCc1ccc2c(c1)OCO2. The van der Waals surface area contributed by atoms with Gasteiger partial charge in [0, 0.05) is 5.02 Å². The van der Waals surface area contributed by atoms with Gasteiger partial charge in [0.05, 0.1) is 18.3 Å². The lowest BCUT2D eigenvalue weighted by molar-refractivity contribution is -0.132. The molecule has 0 saturated carbocycles. The Kier molecular flexibility index (Phi) is 11.0. The highest BCUT2D eigenvalue weighted by molar-refractivity contribution is 6.35. The standard InChI is InChI=1S/C31H33Cl2N3O7/c1-18(2)11-24(35-30(37)19(3)43-25-10-7-22(32)14-23(25)33)31(38)36-34-15-20-5-8-26(28(12-20)39-4)40-16-21-6-9-27-29(13-21)42-17-41-27/h5-10,12-15,18-19,24H,11,16-17H2,1-4H3,(H,35,37)(H,36,38)/b34-15-/t19-,24-/m1/s1. The molecular weight excluding hydrogens is 597 g/mol. The number of fused-ring (bicyclic) bond motifs is 1. The van der Waals surface area contributed by atoms with Gasteiger partial charge in [0.2, 0.25) is 6.79 Å². The van der Waals surface area contributed by atoms with E-state index in [0.717, 1.165) is 5.56 Å². The van der Waals surface area contributed by atoms with E-state index in [1.54, 1.807) is 37.3 Å². The van der Waals surface area contributed by atoms with Crippen LogP contribution in [-0.4, -0.2) is 44.1 Å². The summed E-state index contributed by atoms with van der Waals surface area (Å²) in [6, 6.07) is 14.8. The zero-order chi connectivity index (χ0) is 30.9. The fourth-order valence-corrected chi connectivity index (χ4v) is 4.58. The van der Waals surface area contributed by atoms with Crippen molar-refractivity contribution >= 4 is 41.2 Å². The van der Waals surface area contributed by atoms with E-state index in [4.69, 9.17) is 46.9 Å². The Hall–Kier alpha value is -4.15. The molecule has 0 spiro atoms. The van der Waals surface area contributed by atoms with Crippen molar-refractivity contribution in [1.29, 1.82) is 0 Å². The lowest BCUT2D eigenvalue weighted by Gasteiger charge is -2.22. The number of amides is 2. The fourth-order valence-electron chi connectivity index (χ4n) is 4.13. The van der Waals surface area contributed by atoms with Gasteiger partial charge in [0.15, 0.2) is 29.1 Å². The number of halogens is 2. The summed E-state index contributed by atoms with van der Waals surface area (Å²) in [5.74, 6) is 1.91. The second-order valence-corrected chi connectivity index (χ2v) is 11.0. The second-order valence-electron chi connectivity index (χ2n) is 10.1. The van der Waals surface area contributed by atoms with E-state index < -0.39 is 24.0 Å². The number of carbonyl (C=O) groups is 2. The van der Waals surface area contributed by atoms with Gasteiger partial charge in [-0.3, -0.25) is 9.59 Å². The molecule has 1 aliphatic heterocycles. The lowest BCUT2D eigenvalue weighted by atomic mass is 10.0. The third-order valence-corrected chi connectivity index (χ3v) is 6.84. The average Bonchev–Trinajstić information content (AvgIpc) is 3.45. The minimum Gasteiger partial charge on any atom is -0.493 e. The van der Waals surface area contributed by atoms with Crippen LogP contribution in [0.2, 0.25) is 10.0 Å². The van der Waals surface area contributed by atoms with Crippen LogP contribution in [0.25, 0.3) is 0 Å². The van der Waals surface area contributed by atoms with Crippen molar-refractivity contribution in [1.82, 2.24) is 10.7 Å². The molecule has 0 radical (unpaired) electrons. The molecule has 3 aromatic rings. The van der Waals surface area contributed by atoms with Crippen LogP contribution >= 0.6 is 23.2 Å². The van der Waals surface area contributed by atoms with E-state index >= 15 is 0 Å². The quantitative estimate of drug-likeness (QED) is 0.182. The Morgan fingerprint density at radius 1 is 0.953 bits per heavy atom. The van der Waals surface area contributed by atoms with Gasteiger partial charge < -0.3 is 29.0 Å². The molecule has 4 rings (SSSR count). The highest BCUT2D eigenvalue weighted by Gasteiger charge is 2.25. The number of rotatable bonds is 13. The molecule has 0 aromatic heterocycles. The monoisotopic (exact) mass is 629 g/mol. The number of nitrogens with zero attached hydrogens (tertiary/aromatic N) is 1. The number of ether oxygens (including phenoxy) is 5. The summed E-state index contributed by atoms with van der Waals surface area (Å²) < 4.78 is 27.9. The zero-order valence-corrected chi connectivity index (χ0v) is 25.7. The van der Waals surface area contributed by atoms with Crippen molar-refractivity contribution in [2.24, 2.45) is 11.0 Å². The fraction of sp³-hybridized carbons (Fsp3) is 0.323. The lowest BCUT2D eigenvalue weighted by Crippen LogP contribution is -2.49. The summed E-state index contributed by atoms with van der Waals surface area (Å²) in [5.41, 5.74) is 4.09. The highest BCUT2D eigenvalue weighted by Crippen LogP contribution is 2.34. The summed E-state index contributed by atoms with van der Waals surface area (Å²) in [6.45, 7) is 5.98. The van der Waals surface area contributed by atoms with Crippen LogP contribution in [-0.2, 0) is 16.2 Å². The van der Waals surface area contributed by atoms with Gasteiger partial charge >= 0.3 is 0 Å². The molecule has 3 aromatic carbocycles. The Labute approximate surface area is 260 Å². The van der Waals surface area contributed by atoms with E-state index in [9.17, 15) is 9.59 Å². The Balaban J connectivity index is 1.33. The highest BCUT2D eigenvalue weighted by atomic mass is 35.5. The van der Waals surface area contributed by atoms with Crippen molar-refractivity contribution in [2.75, 3.05) is 13.9 Å². The second kappa shape index (κ2) is 14.8. The average molecular weight is 631 g/mol. The maximum absolute atomic E-state index is 13.0. The van der Waals surface area contributed by atoms with Crippen LogP contribution < -0.4 is 34.4 Å². The third-order valence-electron chi connectivity index (χ3n) is 6.31. The molecule has 0 unspecified atom stereocenters. The van der Waals surface area contributed by atoms with Crippen molar-refractivity contribution in [2.45, 2.75) is 45.9 Å². The van der Waals surface area contributed by atoms with Crippen LogP contribution in [0.5, 0.6) is 28.7 Å². The number of nitrogens with one attached hydrogen (secondary N) is 2. The number of carbonyl (C=O) groups excluding carboxylic acids is 2. The first-order chi connectivity index (χ1) is 20.6. The Bertz CT molecular complexity index is 1480. The molecular formula is C31H33Cl2N3O7. The van der Waals surface area contributed by atoms with Gasteiger partial charge in [-0.05, 0) is 78.9 Å². The van der Waals surface area contributed by atoms with Crippen molar-refractivity contribution in [3.8, 4) is 28.7 Å². The van der Waals surface area contributed by atoms with Gasteiger partial charge in [0.25, 0.3) is 11.8 Å². The predicted octanol–water partition coefficient (Wildman–Crippen LogP) is 5.76. The van der Waals surface area contributed by atoms with E-state index in [1.807, 2.05) is 32.0 Å². The van der Waals surface area contributed by atoms with Crippen LogP contribution in [0.3, 0.4) is 0 Å². The van der Waals surface area contributed by atoms with Crippen LogP contribution in [0.15, 0.2) is 59.7 Å². The largest absolute Gasteiger partial charge is 0.493 e. The Morgan fingerprint density at radius 3 is 2.47 bits per heavy atom. The maximum Gasteiger partial charge on any atom is 0.262 e. The number of hydrazone groups is 1.